The van der Waals surface area contributed by atoms with Gasteiger partial charge in [0.05, 0.1) is 5.02 Å². The Kier molecular flexibility index (Phi) is 6.71. The first-order valence-corrected chi connectivity index (χ1v) is 10.5. The maximum atomic E-state index is 12.5. The highest BCUT2D eigenvalue weighted by atomic mass is 35.5. The fourth-order valence-corrected chi connectivity index (χ4v) is 4.23. The Morgan fingerprint density at radius 1 is 1.26 bits per heavy atom. The molecule has 1 N–H and O–H groups in total. The summed E-state index contributed by atoms with van der Waals surface area (Å²) in [6, 6.07) is 13.0. The average molecular weight is 419 g/mol. The molecule has 0 atom stereocenters. The van der Waals surface area contributed by atoms with Crippen molar-refractivity contribution in [2.45, 2.75) is 22.6 Å². The van der Waals surface area contributed by atoms with Crippen LogP contribution in [0.4, 0.5) is 11.4 Å². The molecule has 0 spiro atoms. The Hall–Kier alpha value is -2.09. The van der Waals surface area contributed by atoms with E-state index in [0.717, 1.165) is 27.9 Å². The summed E-state index contributed by atoms with van der Waals surface area (Å²) < 4.78 is 0.821. The molecule has 0 aliphatic rings. The highest BCUT2D eigenvalue weighted by Gasteiger charge is 2.10. The van der Waals surface area contributed by atoms with Crippen molar-refractivity contribution in [1.82, 2.24) is 10.2 Å². The van der Waals surface area contributed by atoms with Gasteiger partial charge >= 0.3 is 0 Å². The topological polar surface area (TPSA) is 58.1 Å². The first-order chi connectivity index (χ1) is 13.1. The summed E-state index contributed by atoms with van der Waals surface area (Å²) in [5.41, 5.74) is 4.02. The van der Waals surface area contributed by atoms with Crippen molar-refractivity contribution in [2.24, 2.45) is 0 Å². The van der Waals surface area contributed by atoms with Crippen LogP contribution in [0, 0.1) is 0 Å². The third-order valence-electron chi connectivity index (χ3n) is 3.86. The summed E-state index contributed by atoms with van der Waals surface area (Å²) in [5.74, 6) is -0.166. The zero-order chi connectivity index (χ0) is 19.2. The first-order valence-electron chi connectivity index (χ1n) is 8.43. The predicted molar refractivity (Wildman–Crippen MR) is 113 cm³/mol. The van der Waals surface area contributed by atoms with E-state index in [9.17, 15) is 4.79 Å². The van der Waals surface area contributed by atoms with Gasteiger partial charge in [-0.15, -0.1) is 10.2 Å². The maximum absolute atomic E-state index is 12.5. The number of aromatic nitrogens is 2. The number of halogens is 1. The number of rotatable bonds is 7. The van der Waals surface area contributed by atoms with Gasteiger partial charge in [0.25, 0.3) is 5.91 Å². The number of nitrogens with zero attached hydrogens (tertiary/aromatic N) is 3. The van der Waals surface area contributed by atoms with Gasteiger partial charge in [-0.1, -0.05) is 41.6 Å². The molecule has 0 fully saturated rings. The van der Waals surface area contributed by atoms with Gasteiger partial charge in [-0.3, -0.25) is 4.79 Å². The molecule has 27 heavy (non-hydrogen) atoms. The summed E-state index contributed by atoms with van der Waals surface area (Å²) in [6.07, 6.45) is 1.08. The number of anilines is 2. The van der Waals surface area contributed by atoms with E-state index >= 15 is 0 Å². The van der Waals surface area contributed by atoms with E-state index in [1.165, 1.54) is 23.1 Å². The number of benzene rings is 2. The second-order valence-corrected chi connectivity index (χ2v) is 8.40. The van der Waals surface area contributed by atoms with Crippen molar-refractivity contribution < 1.29 is 4.79 Å². The molecule has 0 aliphatic heterocycles. The Bertz CT molecular complexity index is 901. The Morgan fingerprint density at radius 2 is 2.04 bits per heavy atom. The number of carbonyl (C=O) groups excluding carboxylic acids is 1. The van der Waals surface area contributed by atoms with E-state index in [1.807, 2.05) is 43.4 Å². The van der Waals surface area contributed by atoms with Crippen molar-refractivity contribution in [3.05, 3.63) is 58.6 Å². The number of carbonyl (C=O) groups is 1. The minimum absolute atomic E-state index is 0.166. The van der Waals surface area contributed by atoms with Gasteiger partial charge in [0.15, 0.2) is 4.34 Å². The summed E-state index contributed by atoms with van der Waals surface area (Å²) in [5, 5.41) is 11.3. The summed E-state index contributed by atoms with van der Waals surface area (Å²) >= 11 is 9.24. The zero-order valence-electron chi connectivity index (χ0n) is 15.0. The Morgan fingerprint density at radius 3 is 2.67 bits per heavy atom. The van der Waals surface area contributed by atoms with Crippen LogP contribution < -0.4 is 10.2 Å². The Labute approximate surface area is 171 Å². The van der Waals surface area contributed by atoms with Gasteiger partial charge < -0.3 is 10.2 Å². The van der Waals surface area contributed by atoms with Crippen molar-refractivity contribution in [2.75, 3.05) is 23.8 Å². The highest BCUT2D eigenvalue weighted by Crippen LogP contribution is 2.35. The molecule has 140 valence electrons. The molecule has 3 rings (SSSR count). The van der Waals surface area contributed by atoms with Gasteiger partial charge in [-0.25, -0.2) is 0 Å². The van der Waals surface area contributed by atoms with Crippen LogP contribution in [0.15, 0.2) is 57.2 Å². The van der Waals surface area contributed by atoms with Crippen molar-refractivity contribution in [3.8, 4) is 0 Å². The molecule has 0 unspecified atom stereocenters. The van der Waals surface area contributed by atoms with E-state index in [-0.39, 0.29) is 5.91 Å². The smallest absolute Gasteiger partial charge is 0.255 e. The third kappa shape index (κ3) is 5.22. The lowest BCUT2D eigenvalue weighted by molar-refractivity contribution is 0.102. The third-order valence-corrected chi connectivity index (χ3v) is 6.13. The van der Waals surface area contributed by atoms with Crippen LogP contribution in [0.1, 0.15) is 23.7 Å². The molecule has 0 bridgehead atoms. The van der Waals surface area contributed by atoms with Gasteiger partial charge in [0, 0.05) is 35.4 Å². The molecule has 5 nitrogen and oxygen atoms in total. The van der Waals surface area contributed by atoms with Crippen molar-refractivity contribution in [3.63, 3.8) is 0 Å². The highest BCUT2D eigenvalue weighted by molar-refractivity contribution is 8.01. The van der Waals surface area contributed by atoms with Gasteiger partial charge in [0.2, 0.25) is 0 Å². The number of amides is 1. The second kappa shape index (κ2) is 9.21. The summed E-state index contributed by atoms with van der Waals surface area (Å²) in [7, 11) is 2.04. The lowest BCUT2D eigenvalue weighted by Gasteiger charge is -2.18. The molecule has 1 aromatic heterocycles. The van der Waals surface area contributed by atoms with E-state index in [0.29, 0.717) is 16.3 Å². The van der Waals surface area contributed by atoms with Gasteiger partial charge in [0.1, 0.15) is 5.51 Å². The van der Waals surface area contributed by atoms with Crippen LogP contribution in [-0.2, 0) is 0 Å². The molecule has 0 saturated carbocycles. The summed E-state index contributed by atoms with van der Waals surface area (Å²) in [6.45, 7) is 3.12. The van der Waals surface area contributed by atoms with Crippen molar-refractivity contribution in [1.29, 1.82) is 0 Å². The van der Waals surface area contributed by atoms with Gasteiger partial charge in [-0.05, 0) is 48.9 Å². The molecule has 8 heteroatoms. The van der Waals surface area contributed by atoms with E-state index < -0.39 is 0 Å². The monoisotopic (exact) mass is 418 g/mol. The summed E-state index contributed by atoms with van der Waals surface area (Å²) in [4.78, 5) is 15.5. The minimum atomic E-state index is -0.166. The predicted octanol–water partition coefficient (Wildman–Crippen LogP) is 5.44. The SMILES string of the molecule is CCCN(C)c1ccc(C(=O)Nc2ccc(Sc3nncs3)c(Cl)c2)cc1. The zero-order valence-corrected chi connectivity index (χ0v) is 17.4. The molecular formula is C19H19ClN4OS2. The van der Waals surface area contributed by atoms with Crippen LogP contribution >= 0.6 is 34.7 Å². The number of nitrogens with one attached hydrogen (secondary N) is 1. The van der Waals surface area contributed by atoms with Gasteiger partial charge in [-0.2, -0.15) is 0 Å². The molecular weight excluding hydrogens is 400 g/mol. The standard InChI is InChI=1S/C19H19ClN4OS2/c1-3-10-24(2)15-7-4-13(5-8-15)18(25)22-14-6-9-17(16(20)11-14)27-19-23-21-12-26-19/h4-9,11-12H,3,10H2,1-2H3,(H,22,25). The fraction of sp³-hybridized carbons (Fsp3) is 0.211. The average Bonchev–Trinajstić information content (AvgIpc) is 3.17. The number of hydrogen-bond donors (Lipinski definition) is 1. The molecule has 0 aliphatic carbocycles. The largest absolute Gasteiger partial charge is 0.375 e. The molecule has 1 heterocycles. The van der Waals surface area contributed by atoms with E-state index in [4.69, 9.17) is 11.6 Å². The quantitative estimate of drug-likeness (QED) is 0.553. The van der Waals surface area contributed by atoms with Crippen LogP contribution in [0.2, 0.25) is 5.02 Å². The minimum Gasteiger partial charge on any atom is -0.375 e. The van der Waals surface area contributed by atoms with Crippen molar-refractivity contribution >= 4 is 52.0 Å². The normalized spacial score (nSPS) is 10.6. The second-order valence-electron chi connectivity index (χ2n) is 5.87. The van der Waals surface area contributed by atoms with E-state index in [2.05, 4.69) is 27.3 Å². The van der Waals surface area contributed by atoms with E-state index in [1.54, 1.807) is 11.6 Å². The number of hydrogen-bond acceptors (Lipinski definition) is 6. The van der Waals surface area contributed by atoms with Crippen LogP contribution in [0.3, 0.4) is 0 Å². The first kappa shape index (κ1) is 19.7. The van der Waals surface area contributed by atoms with Crippen LogP contribution in [0.5, 0.6) is 0 Å². The lowest BCUT2D eigenvalue weighted by atomic mass is 10.1. The Balaban J connectivity index is 1.66. The molecule has 2 aromatic carbocycles. The molecule has 0 radical (unpaired) electrons. The lowest BCUT2D eigenvalue weighted by Crippen LogP contribution is -2.18. The molecule has 1 amide bonds. The fourth-order valence-electron chi connectivity index (χ4n) is 2.50. The van der Waals surface area contributed by atoms with Crippen LogP contribution in [0.25, 0.3) is 0 Å². The van der Waals surface area contributed by atoms with Crippen LogP contribution in [-0.4, -0.2) is 29.7 Å². The maximum Gasteiger partial charge on any atom is 0.255 e. The molecule has 0 saturated heterocycles. The molecule has 3 aromatic rings.